The van der Waals surface area contributed by atoms with E-state index in [2.05, 4.69) is 10.4 Å². The molecule has 0 fully saturated rings. The van der Waals surface area contributed by atoms with Crippen LogP contribution in [0.2, 0.25) is 5.02 Å². The van der Waals surface area contributed by atoms with Gasteiger partial charge in [0.05, 0.1) is 22.0 Å². The van der Waals surface area contributed by atoms with Crippen molar-refractivity contribution >= 4 is 23.2 Å². The number of carbonyl (C=O) groups excluding carboxylic acids is 1. The lowest BCUT2D eigenvalue weighted by Crippen LogP contribution is -2.13. The van der Waals surface area contributed by atoms with E-state index in [1.807, 2.05) is 0 Å². The van der Waals surface area contributed by atoms with Gasteiger partial charge in [0.25, 0.3) is 5.91 Å². The Balaban J connectivity index is 2.01. The Bertz CT molecular complexity index is 969. The maximum absolute atomic E-state index is 13.7. The molecule has 3 rings (SSSR count). The molecule has 0 saturated heterocycles. The maximum atomic E-state index is 13.7. The molecule has 0 aliphatic rings. The smallest absolute Gasteiger partial charge is 0.259 e. The van der Waals surface area contributed by atoms with Gasteiger partial charge in [0.1, 0.15) is 11.6 Å². The molecule has 3 aromatic rings. The van der Waals surface area contributed by atoms with Gasteiger partial charge in [-0.05, 0) is 42.8 Å². The Morgan fingerprint density at radius 2 is 1.96 bits per heavy atom. The molecule has 0 atom stereocenters. The molecular formula is C18H14ClF2N3O. The zero-order valence-electron chi connectivity index (χ0n) is 13.5. The van der Waals surface area contributed by atoms with Gasteiger partial charge in [0.15, 0.2) is 0 Å². The summed E-state index contributed by atoms with van der Waals surface area (Å²) in [5.41, 5.74) is 2.29. The second kappa shape index (κ2) is 6.64. The SMILES string of the molecule is Cc1nn(C)cc1C(=O)Nc1cc(F)ccc1-c1ccc(F)c(Cl)c1. The third-order valence-corrected chi connectivity index (χ3v) is 4.01. The minimum atomic E-state index is -0.552. The van der Waals surface area contributed by atoms with Gasteiger partial charge in [-0.3, -0.25) is 9.48 Å². The van der Waals surface area contributed by atoms with E-state index >= 15 is 0 Å². The van der Waals surface area contributed by atoms with Crippen molar-refractivity contribution in [1.82, 2.24) is 9.78 Å². The Morgan fingerprint density at radius 1 is 1.20 bits per heavy atom. The van der Waals surface area contributed by atoms with Crippen LogP contribution < -0.4 is 5.32 Å². The minimum Gasteiger partial charge on any atom is -0.321 e. The summed E-state index contributed by atoms with van der Waals surface area (Å²) in [7, 11) is 1.71. The number of nitrogens with one attached hydrogen (secondary N) is 1. The predicted molar refractivity (Wildman–Crippen MR) is 92.7 cm³/mol. The lowest BCUT2D eigenvalue weighted by atomic mass is 10.0. The highest BCUT2D eigenvalue weighted by Gasteiger charge is 2.16. The lowest BCUT2D eigenvalue weighted by Gasteiger charge is -2.12. The van der Waals surface area contributed by atoms with Crippen molar-refractivity contribution < 1.29 is 13.6 Å². The van der Waals surface area contributed by atoms with Crippen LogP contribution in [-0.2, 0) is 7.05 Å². The summed E-state index contributed by atoms with van der Waals surface area (Å²) in [5, 5.41) is 6.75. The molecule has 128 valence electrons. The molecule has 1 heterocycles. The summed E-state index contributed by atoms with van der Waals surface area (Å²) in [4.78, 5) is 12.5. The van der Waals surface area contributed by atoms with E-state index in [4.69, 9.17) is 11.6 Å². The Labute approximate surface area is 148 Å². The van der Waals surface area contributed by atoms with Gasteiger partial charge in [-0.25, -0.2) is 8.78 Å². The number of aryl methyl sites for hydroxylation is 2. The van der Waals surface area contributed by atoms with Crippen molar-refractivity contribution in [3.8, 4) is 11.1 Å². The van der Waals surface area contributed by atoms with E-state index in [1.165, 1.54) is 41.1 Å². The summed E-state index contributed by atoms with van der Waals surface area (Å²) in [6, 6.07) is 8.13. The van der Waals surface area contributed by atoms with Gasteiger partial charge in [0, 0.05) is 18.8 Å². The highest BCUT2D eigenvalue weighted by Crippen LogP contribution is 2.31. The van der Waals surface area contributed by atoms with Crippen LogP contribution in [-0.4, -0.2) is 15.7 Å². The maximum Gasteiger partial charge on any atom is 0.259 e. The Morgan fingerprint density at radius 3 is 2.60 bits per heavy atom. The molecule has 0 aliphatic carbocycles. The molecule has 0 saturated carbocycles. The first-order valence-corrected chi connectivity index (χ1v) is 7.79. The number of aromatic nitrogens is 2. The number of benzene rings is 2. The van der Waals surface area contributed by atoms with Crippen LogP contribution in [0.1, 0.15) is 16.1 Å². The van der Waals surface area contributed by atoms with Crippen LogP contribution in [0.3, 0.4) is 0 Å². The summed E-state index contributed by atoms with van der Waals surface area (Å²) in [5.74, 6) is -1.47. The van der Waals surface area contributed by atoms with E-state index in [9.17, 15) is 13.6 Å². The number of halogens is 3. The van der Waals surface area contributed by atoms with Gasteiger partial charge < -0.3 is 5.32 Å². The van der Waals surface area contributed by atoms with Crippen LogP contribution >= 0.6 is 11.6 Å². The Kier molecular flexibility index (Phi) is 4.55. The van der Waals surface area contributed by atoms with Gasteiger partial charge in [-0.15, -0.1) is 0 Å². The van der Waals surface area contributed by atoms with E-state index in [0.717, 1.165) is 0 Å². The molecule has 25 heavy (non-hydrogen) atoms. The van der Waals surface area contributed by atoms with Crippen LogP contribution in [0.15, 0.2) is 42.6 Å². The molecule has 1 N–H and O–H groups in total. The van der Waals surface area contributed by atoms with Crippen LogP contribution in [0, 0.1) is 18.6 Å². The van der Waals surface area contributed by atoms with Crippen molar-refractivity contribution in [2.24, 2.45) is 7.05 Å². The standard InChI is InChI=1S/C18H14ClF2N3O/c1-10-14(9-24(2)23-10)18(25)22-17-8-12(20)4-5-13(17)11-3-6-16(21)15(19)7-11/h3-9H,1-2H3,(H,22,25). The highest BCUT2D eigenvalue weighted by atomic mass is 35.5. The molecule has 0 spiro atoms. The quantitative estimate of drug-likeness (QED) is 0.742. The third-order valence-electron chi connectivity index (χ3n) is 3.72. The number of carbonyl (C=O) groups is 1. The molecule has 0 aliphatic heterocycles. The van der Waals surface area contributed by atoms with Crippen LogP contribution in [0.4, 0.5) is 14.5 Å². The number of hydrogen-bond acceptors (Lipinski definition) is 2. The highest BCUT2D eigenvalue weighted by molar-refractivity contribution is 6.31. The normalized spacial score (nSPS) is 10.8. The fraction of sp³-hybridized carbons (Fsp3) is 0.111. The zero-order valence-corrected chi connectivity index (χ0v) is 14.2. The second-order valence-electron chi connectivity index (χ2n) is 5.57. The first kappa shape index (κ1) is 17.1. The number of anilines is 1. The topological polar surface area (TPSA) is 46.9 Å². The molecule has 0 radical (unpaired) electrons. The summed E-state index contributed by atoms with van der Waals surface area (Å²) < 4.78 is 28.6. The van der Waals surface area contributed by atoms with Crippen molar-refractivity contribution in [2.75, 3.05) is 5.32 Å². The average Bonchev–Trinajstić information content (AvgIpc) is 2.89. The molecule has 7 heteroatoms. The Hall–Kier alpha value is -2.73. The molecule has 0 bridgehead atoms. The predicted octanol–water partition coefficient (Wildman–Crippen LogP) is 4.58. The van der Waals surface area contributed by atoms with Crippen LogP contribution in [0.25, 0.3) is 11.1 Å². The summed E-state index contributed by atoms with van der Waals surface area (Å²) in [6.07, 6.45) is 1.58. The summed E-state index contributed by atoms with van der Waals surface area (Å²) >= 11 is 5.83. The molecular weight excluding hydrogens is 348 g/mol. The van der Waals surface area contributed by atoms with E-state index < -0.39 is 17.5 Å². The number of nitrogens with zero attached hydrogens (tertiary/aromatic N) is 2. The molecule has 2 aromatic carbocycles. The van der Waals surface area contributed by atoms with Gasteiger partial charge in [-0.1, -0.05) is 17.7 Å². The molecule has 1 aromatic heterocycles. The van der Waals surface area contributed by atoms with E-state index in [-0.39, 0.29) is 10.7 Å². The first-order valence-electron chi connectivity index (χ1n) is 7.41. The fourth-order valence-electron chi connectivity index (χ4n) is 2.55. The average molecular weight is 362 g/mol. The monoisotopic (exact) mass is 361 g/mol. The zero-order chi connectivity index (χ0) is 18.1. The third kappa shape index (κ3) is 3.53. The van der Waals surface area contributed by atoms with E-state index in [0.29, 0.717) is 22.4 Å². The van der Waals surface area contributed by atoms with Crippen molar-refractivity contribution in [2.45, 2.75) is 6.92 Å². The van der Waals surface area contributed by atoms with Crippen molar-refractivity contribution in [3.05, 3.63) is 70.5 Å². The minimum absolute atomic E-state index is 0.0535. The largest absolute Gasteiger partial charge is 0.321 e. The molecule has 4 nitrogen and oxygen atoms in total. The number of rotatable bonds is 3. The first-order chi connectivity index (χ1) is 11.8. The van der Waals surface area contributed by atoms with Crippen LogP contribution in [0.5, 0.6) is 0 Å². The number of hydrogen-bond donors (Lipinski definition) is 1. The molecule has 0 unspecified atom stereocenters. The fourth-order valence-corrected chi connectivity index (χ4v) is 2.73. The van der Waals surface area contributed by atoms with E-state index in [1.54, 1.807) is 20.2 Å². The van der Waals surface area contributed by atoms with Gasteiger partial charge in [-0.2, -0.15) is 5.10 Å². The van der Waals surface area contributed by atoms with Crippen molar-refractivity contribution in [1.29, 1.82) is 0 Å². The lowest BCUT2D eigenvalue weighted by molar-refractivity contribution is 0.102. The molecule has 1 amide bonds. The van der Waals surface area contributed by atoms with Gasteiger partial charge in [0.2, 0.25) is 0 Å². The van der Waals surface area contributed by atoms with Crippen molar-refractivity contribution in [3.63, 3.8) is 0 Å². The second-order valence-corrected chi connectivity index (χ2v) is 5.98. The summed E-state index contributed by atoms with van der Waals surface area (Å²) in [6.45, 7) is 1.71. The number of amides is 1. The van der Waals surface area contributed by atoms with Gasteiger partial charge >= 0.3 is 0 Å².